The van der Waals surface area contributed by atoms with Crippen molar-refractivity contribution < 1.29 is 9.53 Å². The summed E-state index contributed by atoms with van der Waals surface area (Å²) in [7, 11) is 0. The van der Waals surface area contributed by atoms with Crippen molar-refractivity contribution in [1.29, 1.82) is 0 Å². The highest BCUT2D eigenvalue weighted by Gasteiger charge is 2.31. The highest BCUT2D eigenvalue weighted by atomic mass is 16.5. The Kier molecular flexibility index (Phi) is 7.23. The third-order valence-electron chi connectivity index (χ3n) is 6.17. The molecule has 0 aliphatic carbocycles. The number of carbonyl (C=O) groups excluding carboxylic acids is 1. The lowest BCUT2D eigenvalue weighted by molar-refractivity contribution is -0.140. The summed E-state index contributed by atoms with van der Waals surface area (Å²) in [5.41, 5.74) is 3.75. The van der Waals surface area contributed by atoms with Gasteiger partial charge in [0.25, 0.3) is 5.91 Å². The minimum Gasteiger partial charge on any atom is -0.481 e. The maximum absolute atomic E-state index is 13.2. The van der Waals surface area contributed by atoms with Crippen molar-refractivity contribution in [3.63, 3.8) is 0 Å². The Morgan fingerprint density at radius 1 is 0.812 bits per heavy atom. The van der Waals surface area contributed by atoms with E-state index in [4.69, 9.17) is 4.74 Å². The predicted molar refractivity (Wildman–Crippen MR) is 129 cm³/mol. The van der Waals surface area contributed by atoms with E-state index in [1.807, 2.05) is 43.0 Å². The lowest BCUT2D eigenvalue weighted by Crippen LogP contribution is -2.53. The monoisotopic (exact) mass is 428 g/mol. The van der Waals surface area contributed by atoms with Gasteiger partial charge in [-0.2, -0.15) is 0 Å². The number of amides is 1. The molecule has 1 aliphatic heterocycles. The van der Waals surface area contributed by atoms with Crippen LogP contribution in [0.4, 0.5) is 0 Å². The first kappa shape index (κ1) is 22.1. The molecule has 0 unspecified atom stereocenters. The second kappa shape index (κ2) is 10.5. The van der Waals surface area contributed by atoms with E-state index >= 15 is 0 Å². The summed E-state index contributed by atoms with van der Waals surface area (Å²) in [6.07, 6.45) is 0.215. The molecule has 0 saturated carbocycles. The molecular weight excluding hydrogens is 396 g/mol. The second-order valence-corrected chi connectivity index (χ2v) is 8.41. The molecule has 1 amide bonds. The van der Waals surface area contributed by atoms with Crippen LogP contribution < -0.4 is 4.74 Å². The van der Waals surface area contributed by atoms with Gasteiger partial charge in [0.15, 0.2) is 6.10 Å². The molecule has 0 aromatic heterocycles. The van der Waals surface area contributed by atoms with E-state index in [9.17, 15) is 4.79 Å². The fourth-order valence-electron chi connectivity index (χ4n) is 4.38. The van der Waals surface area contributed by atoms with Crippen LogP contribution >= 0.6 is 0 Å². The van der Waals surface area contributed by atoms with Gasteiger partial charge in [0.2, 0.25) is 0 Å². The molecule has 1 fully saturated rings. The summed E-state index contributed by atoms with van der Waals surface area (Å²) >= 11 is 0. The van der Waals surface area contributed by atoms with Gasteiger partial charge >= 0.3 is 0 Å². The van der Waals surface area contributed by atoms with Crippen LogP contribution in [0.3, 0.4) is 0 Å². The smallest absolute Gasteiger partial charge is 0.263 e. The van der Waals surface area contributed by atoms with Crippen LogP contribution in [0.15, 0.2) is 84.9 Å². The fraction of sp³-hybridized carbons (Fsp3) is 0.321. The standard InChI is InChI=1S/C28H32N2O2/c1-3-26(32-25-16-14-22(2)15-17-25)28(31)30-20-18-29(19-21-30)27(23-10-6-4-7-11-23)24-12-8-5-9-13-24/h4-17,26-27H,3,18-21H2,1-2H3/t26-/m1/s1. The summed E-state index contributed by atoms with van der Waals surface area (Å²) in [6, 6.07) is 29.4. The number of aryl methyl sites for hydroxylation is 1. The third-order valence-corrected chi connectivity index (χ3v) is 6.17. The van der Waals surface area contributed by atoms with E-state index in [1.165, 1.54) is 16.7 Å². The van der Waals surface area contributed by atoms with Gasteiger partial charge in [-0.3, -0.25) is 9.69 Å². The van der Waals surface area contributed by atoms with Gasteiger partial charge in [-0.1, -0.05) is 85.3 Å². The van der Waals surface area contributed by atoms with Crippen molar-refractivity contribution in [2.45, 2.75) is 32.4 Å². The van der Waals surface area contributed by atoms with Gasteiger partial charge in [0, 0.05) is 26.2 Å². The zero-order chi connectivity index (χ0) is 22.3. The summed E-state index contributed by atoms with van der Waals surface area (Å²) in [6.45, 7) is 7.14. The zero-order valence-corrected chi connectivity index (χ0v) is 19.0. The lowest BCUT2D eigenvalue weighted by Gasteiger charge is -2.40. The Morgan fingerprint density at radius 2 is 1.34 bits per heavy atom. The molecule has 166 valence electrons. The number of ether oxygens (including phenoxy) is 1. The molecule has 4 nitrogen and oxygen atoms in total. The van der Waals surface area contributed by atoms with E-state index in [0.29, 0.717) is 19.5 Å². The van der Waals surface area contributed by atoms with Gasteiger partial charge in [-0.15, -0.1) is 0 Å². The molecule has 1 heterocycles. The number of hydrogen-bond acceptors (Lipinski definition) is 3. The van der Waals surface area contributed by atoms with Gasteiger partial charge in [0.05, 0.1) is 6.04 Å². The van der Waals surface area contributed by atoms with Crippen LogP contribution in [0.1, 0.15) is 36.1 Å². The van der Waals surface area contributed by atoms with E-state index in [2.05, 4.69) is 65.6 Å². The lowest BCUT2D eigenvalue weighted by atomic mass is 9.96. The Balaban J connectivity index is 1.43. The van der Waals surface area contributed by atoms with Crippen LogP contribution in [0.5, 0.6) is 5.75 Å². The average Bonchev–Trinajstić information content (AvgIpc) is 2.85. The first-order valence-electron chi connectivity index (χ1n) is 11.5. The number of benzene rings is 3. The second-order valence-electron chi connectivity index (χ2n) is 8.41. The van der Waals surface area contributed by atoms with Gasteiger partial charge < -0.3 is 9.64 Å². The van der Waals surface area contributed by atoms with Crippen molar-refractivity contribution >= 4 is 5.91 Å². The maximum atomic E-state index is 13.2. The van der Waals surface area contributed by atoms with E-state index in [-0.39, 0.29) is 11.9 Å². The molecule has 0 bridgehead atoms. The summed E-state index contributed by atoms with van der Waals surface area (Å²) in [5.74, 6) is 0.839. The molecule has 32 heavy (non-hydrogen) atoms. The van der Waals surface area contributed by atoms with Crippen LogP contribution in [0, 0.1) is 6.92 Å². The highest BCUT2D eigenvalue weighted by Crippen LogP contribution is 2.29. The summed E-state index contributed by atoms with van der Waals surface area (Å²) in [4.78, 5) is 17.6. The quantitative estimate of drug-likeness (QED) is 0.526. The number of carbonyl (C=O) groups is 1. The number of nitrogens with zero attached hydrogens (tertiary/aromatic N) is 2. The van der Waals surface area contributed by atoms with Crippen LogP contribution in [0.2, 0.25) is 0 Å². The molecule has 1 saturated heterocycles. The van der Waals surface area contributed by atoms with Gasteiger partial charge in [-0.05, 0) is 36.6 Å². The van der Waals surface area contributed by atoms with Gasteiger partial charge in [-0.25, -0.2) is 0 Å². The SMILES string of the molecule is CC[C@@H](Oc1ccc(C)cc1)C(=O)N1CCN(C(c2ccccc2)c2ccccc2)CC1. The number of piperazine rings is 1. The van der Waals surface area contributed by atoms with Crippen LogP contribution in [-0.2, 0) is 4.79 Å². The molecule has 3 aromatic carbocycles. The van der Waals surface area contributed by atoms with Crippen LogP contribution in [0.25, 0.3) is 0 Å². The molecule has 0 radical (unpaired) electrons. The van der Waals surface area contributed by atoms with E-state index in [0.717, 1.165) is 18.8 Å². The molecule has 4 heteroatoms. The average molecular weight is 429 g/mol. The van der Waals surface area contributed by atoms with Crippen molar-refractivity contribution in [2.75, 3.05) is 26.2 Å². The van der Waals surface area contributed by atoms with Crippen molar-refractivity contribution in [3.05, 3.63) is 102 Å². The largest absolute Gasteiger partial charge is 0.481 e. The first-order chi connectivity index (χ1) is 15.7. The molecular formula is C28H32N2O2. The third kappa shape index (κ3) is 5.20. The number of rotatable bonds is 7. The number of hydrogen-bond donors (Lipinski definition) is 0. The molecule has 0 spiro atoms. The molecule has 1 aliphatic rings. The Morgan fingerprint density at radius 3 is 1.84 bits per heavy atom. The zero-order valence-electron chi connectivity index (χ0n) is 19.0. The Bertz CT molecular complexity index is 941. The highest BCUT2D eigenvalue weighted by molar-refractivity contribution is 5.81. The molecule has 3 aromatic rings. The fourth-order valence-corrected chi connectivity index (χ4v) is 4.38. The minimum atomic E-state index is -0.441. The van der Waals surface area contributed by atoms with Crippen molar-refractivity contribution in [3.8, 4) is 5.75 Å². The normalized spacial score (nSPS) is 15.5. The van der Waals surface area contributed by atoms with Crippen molar-refractivity contribution in [1.82, 2.24) is 9.80 Å². The summed E-state index contributed by atoms with van der Waals surface area (Å²) < 4.78 is 6.04. The molecule has 0 N–H and O–H groups in total. The minimum absolute atomic E-state index is 0.0868. The topological polar surface area (TPSA) is 32.8 Å². The molecule has 1 atom stereocenters. The predicted octanol–water partition coefficient (Wildman–Crippen LogP) is 5.09. The molecule has 4 rings (SSSR count). The maximum Gasteiger partial charge on any atom is 0.263 e. The van der Waals surface area contributed by atoms with Crippen molar-refractivity contribution in [2.24, 2.45) is 0 Å². The van der Waals surface area contributed by atoms with Gasteiger partial charge in [0.1, 0.15) is 5.75 Å². The first-order valence-corrected chi connectivity index (χ1v) is 11.5. The van der Waals surface area contributed by atoms with Crippen LogP contribution in [-0.4, -0.2) is 48.0 Å². The Labute approximate surface area is 191 Å². The van der Waals surface area contributed by atoms with E-state index in [1.54, 1.807) is 0 Å². The van der Waals surface area contributed by atoms with E-state index < -0.39 is 6.10 Å². The Hall–Kier alpha value is -3.11. The summed E-state index contributed by atoms with van der Waals surface area (Å²) in [5, 5.41) is 0.